The SMILES string of the molecule is O=C(Cl)c1ncc(C(F)F)c(I)c1I. The van der Waals surface area contributed by atoms with Crippen LogP contribution in [-0.2, 0) is 0 Å². The summed E-state index contributed by atoms with van der Waals surface area (Å²) in [6, 6.07) is 0. The molecule has 0 fully saturated rings. The topological polar surface area (TPSA) is 30.0 Å². The van der Waals surface area contributed by atoms with Crippen molar-refractivity contribution in [2.75, 3.05) is 0 Å². The molecular weight excluding hydrogens is 441 g/mol. The Hall–Kier alpha value is 0.430. The standard InChI is InChI=1S/C7H2ClF2I2NO/c8-6(14)5-4(12)3(11)2(1-13-5)7(9)10/h1,7H. The van der Waals surface area contributed by atoms with E-state index in [2.05, 4.69) is 4.98 Å². The number of nitrogens with zero attached hydrogens (tertiary/aromatic N) is 1. The Morgan fingerprint density at radius 2 is 2.00 bits per heavy atom. The average Bonchev–Trinajstić information content (AvgIpc) is 2.08. The average molecular weight is 443 g/mol. The molecule has 0 aliphatic heterocycles. The molecule has 76 valence electrons. The van der Waals surface area contributed by atoms with Crippen LogP contribution in [0.25, 0.3) is 0 Å². The lowest BCUT2D eigenvalue weighted by Gasteiger charge is -2.06. The molecule has 1 aromatic rings. The van der Waals surface area contributed by atoms with Crippen molar-refractivity contribution in [3.63, 3.8) is 0 Å². The minimum atomic E-state index is -2.60. The normalized spacial score (nSPS) is 10.7. The van der Waals surface area contributed by atoms with Gasteiger partial charge in [0.25, 0.3) is 11.7 Å². The van der Waals surface area contributed by atoms with E-state index in [1.807, 2.05) is 0 Å². The fourth-order valence-corrected chi connectivity index (χ4v) is 2.40. The molecule has 1 heterocycles. The third-order valence-electron chi connectivity index (χ3n) is 1.41. The van der Waals surface area contributed by atoms with E-state index in [0.717, 1.165) is 6.20 Å². The zero-order valence-corrected chi connectivity index (χ0v) is 11.5. The predicted octanol–water partition coefficient (Wildman–Crippen LogP) is 3.61. The Morgan fingerprint density at radius 3 is 2.43 bits per heavy atom. The number of aromatic nitrogens is 1. The summed E-state index contributed by atoms with van der Waals surface area (Å²) in [6.45, 7) is 0. The summed E-state index contributed by atoms with van der Waals surface area (Å²) in [5.74, 6) is 0. The van der Waals surface area contributed by atoms with Crippen molar-refractivity contribution < 1.29 is 13.6 Å². The Bertz CT molecular complexity index is 386. The lowest BCUT2D eigenvalue weighted by Crippen LogP contribution is -2.04. The molecular formula is C7H2ClF2I2NO. The summed E-state index contributed by atoms with van der Waals surface area (Å²) in [4.78, 5) is 14.4. The van der Waals surface area contributed by atoms with E-state index in [1.54, 1.807) is 45.2 Å². The van der Waals surface area contributed by atoms with Crippen molar-refractivity contribution in [1.82, 2.24) is 4.98 Å². The second-order valence-corrected chi connectivity index (χ2v) is 4.77. The first-order valence-electron chi connectivity index (χ1n) is 3.27. The van der Waals surface area contributed by atoms with Crippen molar-refractivity contribution >= 4 is 62.0 Å². The van der Waals surface area contributed by atoms with Crippen LogP contribution >= 0.6 is 56.8 Å². The second-order valence-electron chi connectivity index (χ2n) is 2.26. The molecule has 1 aromatic heterocycles. The first-order chi connectivity index (χ1) is 6.45. The molecule has 0 aliphatic rings. The van der Waals surface area contributed by atoms with Crippen LogP contribution in [0.15, 0.2) is 6.20 Å². The van der Waals surface area contributed by atoms with Gasteiger partial charge in [0.1, 0.15) is 5.69 Å². The number of alkyl halides is 2. The summed E-state index contributed by atoms with van der Waals surface area (Å²) in [5.41, 5.74) is -0.169. The van der Waals surface area contributed by atoms with Crippen molar-refractivity contribution in [3.05, 3.63) is 24.6 Å². The van der Waals surface area contributed by atoms with Gasteiger partial charge < -0.3 is 0 Å². The molecule has 0 saturated carbocycles. The van der Waals surface area contributed by atoms with Crippen LogP contribution in [0, 0.1) is 7.14 Å². The summed E-state index contributed by atoms with van der Waals surface area (Å²) >= 11 is 8.73. The molecule has 0 spiro atoms. The van der Waals surface area contributed by atoms with Crippen molar-refractivity contribution in [1.29, 1.82) is 0 Å². The summed E-state index contributed by atoms with van der Waals surface area (Å²) in [5, 5.41) is -0.742. The summed E-state index contributed by atoms with van der Waals surface area (Å²) < 4.78 is 25.4. The van der Waals surface area contributed by atoms with Crippen LogP contribution < -0.4 is 0 Å². The first kappa shape index (κ1) is 12.5. The number of halogens is 5. The highest BCUT2D eigenvalue weighted by molar-refractivity contribution is 14.1. The highest BCUT2D eigenvalue weighted by Gasteiger charge is 2.19. The van der Waals surface area contributed by atoms with E-state index >= 15 is 0 Å². The molecule has 2 nitrogen and oxygen atoms in total. The quantitative estimate of drug-likeness (QED) is 0.517. The van der Waals surface area contributed by atoms with Gasteiger partial charge in [-0.2, -0.15) is 0 Å². The van der Waals surface area contributed by atoms with Gasteiger partial charge in [0.2, 0.25) is 0 Å². The van der Waals surface area contributed by atoms with Gasteiger partial charge in [-0.3, -0.25) is 9.78 Å². The largest absolute Gasteiger partial charge is 0.274 e. The van der Waals surface area contributed by atoms with Gasteiger partial charge >= 0.3 is 0 Å². The number of hydrogen-bond acceptors (Lipinski definition) is 2. The molecule has 0 amide bonds. The van der Waals surface area contributed by atoms with E-state index in [-0.39, 0.29) is 11.3 Å². The van der Waals surface area contributed by atoms with Crippen LogP contribution in [0.5, 0.6) is 0 Å². The van der Waals surface area contributed by atoms with Gasteiger partial charge in [-0.1, -0.05) is 0 Å². The first-order valence-corrected chi connectivity index (χ1v) is 5.80. The van der Waals surface area contributed by atoms with Crippen LogP contribution in [0.3, 0.4) is 0 Å². The van der Waals surface area contributed by atoms with Gasteiger partial charge in [-0.15, -0.1) is 0 Å². The van der Waals surface area contributed by atoms with Crippen molar-refractivity contribution in [2.45, 2.75) is 6.43 Å². The number of rotatable bonds is 2. The maximum Gasteiger partial charge on any atom is 0.271 e. The molecule has 0 bridgehead atoms. The van der Waals surface area contributed by atoms with Gasteiger partial charge in [0.15, 0.2) is 0 Å². The Balaban J connectivity index is 3.33. The molecule has 1 rings (SSSR count). The zero-order chi connectivity index (χ0) is 10.9. The number of carbonyl (C=O) groups excluding carboxylic acids is 1. The highest BCUT2D eigenvalue weighted by Crippen LogP contribution is 2.29. The maximum atomic E-state index is 12.4. The van der Waals surface area contributed by atoms with Crippen LogP contribution in [0.4, 0.5) is 8.78 Å². The van der Waals surface area contributed by atoms with E-state index in [4.69, 9.17) is 11.6 Å². The number of hydrogen-bond donors (Lipinski definition) is 0. The smallest absolute Gasteiger partial charge is 0.271 e. The molecule has 0 N–H and O–H groups in total. The van der Waals surface area contributed by atoms with Crippen LogP contribution in [0.2, 0.25) is 0 Å². The third-order valence-corrected chi connectivity index (χ3v) is 4.83. The van der Waals surface area contributed by atoms with E-state index in [9.17, 15) is 13.6 Å². The number of carbonyl (C=O) groups is 1. The minimum absolute atomic E-state index is 0.0149. The molecule has 0 aromatic carbocycles. The lowest BCUT2D eigenvalue weighted by molar-refractivity contribution is 0.107. The Labute approximate surface area is 111 Å². The summed E-state index contributed by atoms with van der Waals surface area (Å²) in [7, 11) is 0. The fraction of sp³-hybridized carbons (Fsp3) is 0.143. The van der Waals surface area contributed by atoms with Gasteiger partial charge in [0, 0.05) is 9.77 Å². The predicted molar refractivity (Wildman–Crippen MR) is 64.8 cm³/mol. The molecule has 7 heteroatoms. The second kappa shape index (κ2) is 4.97. The molecule has 0 saturated heterocycles. The summed E-state index contributed by atoms with van der Waals surface area (Å²) in [6.07, 6.45) is -1.62. The third kappa shape index (κ3) is 2.51. The van der Waals surface area contributed by atoms with Gasteiger partial charge in [0.05, 0.1) is 9.13 Å². The van der Waals surface area contributed by atoms with Crippen LogP contribution in [0.1, 0.15) is 22.5 Å². The molecule has 14 heavy (non-hydrogen) atoms. The van der Waals surface area contributed by atoms with Crippen molar-refractivity contribution in [2.24, 2.45) is 0 Å². The Kier molecular flexibility index (Phi) is 4.44. The molecule has 0 unspecified atom stereocenters. The van der Waals surface area contributed by atoms with Gasteiger partial charge in [-0.25, -0.2) is 8.78 Å². The molecule has 0 atom stereocenters. The van der Waals surface area contributed by atoms with Gasteiger partial charge in [-0.05, 0) is 56.8 Å². The maximum absolute atomic E-state index is 12.4. The minimum Gasteiger partial charge on any atom is -0.274 e. The van der Waals surface area contributed by atoms with Crippen molar-refractivity contribution in [3.8, 4) is 0 Å². The molecule has 0 aliphatic carbocycles. The zero-order valence-electron chi connectivity index (χ0n) is 6.40. The van der Waals surface area contributed by atoms with E-state index in [0.29, 0.717) is 7.14 Å². The van der Waals surface area contributed by atoms with Crippen LogP contribution in [-0.4, -0.2) is 10.2 Å². The molecule has 0 radical (unpaired) electrons. The van der Waals surface area contributed by atoms with E-state index in [1.165, 1.54) is 0 Å². The highest BCUT2D eigenvalue weighted by atomic mass is 127. The monoisotopic (exact) mass is 443 g/mol. The van der Waals surface area contributed by atoms with E-state index < -0.39 is 11.7 Å². The number of pyridine rings is 1. The Morgan fingerprint density at radius 1 is 1.43 bits per heavy atom. The fourth-order valence-electron chi connectivity index (χ4n) is 0.767. The lowest BCUT2D eigenvalue weighted by atomic mass is 10.2.